The van der Waals surface area contributed by atoms with E-state index in [1.165, 1.54) is 0 Å². The summed E-state index contributed by atoms with van der Waals surface area (Å²) in [5.74, 6) is 0. The highest BCUT2D eigenvalue weighted by Crippen LogP contribution is 2.24. The van der Waals surface area contributed by atoms with Gasteiger partial charge in [-0.3, -0.25) is 4.68 Å². The molecule has 2 rings (SSSR count). The van der Waals surface area contributed by atoms with Gasteiger partial charge in [-0.1, -0.05) is 27.5 Å². The Balaban J connectivity index is 2.24. The molecular weight excluding hydrogens is 340 g/mol. The molecule has 0 aliphatic carbocycles. The van der Waals surface area contributed by atoms with Crippen LogP contribution in [0, 0.1) is 18.3 Å². The van der Waals surface area contributed by atoms with Gasteiger partial charge in [0.15, 0.2) is 0 Å². The van der Waals surface area contributed by atoms with E-state index < -0.39 is 0 Å². The molecule has 0 atom stereocenters. The van der Waals surface area contributed by atoms with Crippen molar-refractivity contribution in [2.45, 2.75) is 26.9 Å². The van der Waals surface area contributed by atoms with Crippen molar-refractivity contribution in [1.29, 1.82) is 5.26 Å². The Labute approximate surface area is 131 Å². The summed E-state index contributed by atoms with van der Waals surface area (Å²) < 4.78 is 2.75. The molecule has 0 bridgehead atoms. The number of benzene rings is 1. The molecule has 0 saturated heterocycles. The first-order chi connectivity index (χ1) is 9.56. The predicted molar refractivity (Wildman–Crippen MR) is 83.8 cm³/mol. The number of nitrogens with one attached hydrogen (secondary N) is 1. The zero-order valence-electron chi connectivity index (χ0n) is 11.2. The molecule has 6 heteroatoms. The molecule has 1 aromatic heterocycles. The Hall–Kier alpha value is -1.51. The molecular formula is C14H14BrClN4. The first-order valence-corrected chi connectivity index (χ1v) is 7.39. The van der Waals surface area contributed by atoms with Crippen LogP contribution in [0.1, 0.15) is 23.9 Å². The number of anilines is 1. The molecule has 0 aliphatic rings. The standard InChI is InChI=1S/C14H14BrClN4/c1-3-20-13(14(16)9(2)19-20)8-18-12-5-4-11(15)6-10(12)7-17/h4-6,18H,3,8H2,1-2H3. The van der Waals surface area contributed by atoms with E-state index in [0.717, 1.165) is 28.1 Å². The molecule has 4 nitrogen and oxygen atoms in total. The second-order valence-corrected chi connectivity index (χ2v) is 5.61. The van der Waals surface area contributed by atoms with Crippen LogP contribution >= 0.6 is 27.5 Å². The Morgan fingerprint density at radius 3 is 2.90 bits per heavy atom. The van der Waals surface area contributed by atoms with Crippen LogP contribution in [0.4, 0.5) is 5.69 Å². The smallest absolute Gasteiger partial charge is 0.101 e. The van der Waals surface area contributed by atoms with E-state index in [-0.39, 0.29) is 0 Å². The number of nitriles is 1. The molecule has 0 amide bonds. The summed E-state index contributed by atoms with van der Waals surface area (Å²) in [6.07, 6.45) is 0. The maximum atomic E-state index is 9.15. The highest BCUT2D eigenvalue weighted by atomic mass is 79.9. The Kier molecular flexibility index (Phi) is 4.69. The number of rotatable bonds is 4. The molecule has 0 fully saturated rings. The topological polar surface area (TPSA) is 53.6 Å². The van der Waals surface area contributed by atoms with Crippen LogP contribution in [-0.2, 0) is 13.1 Å². The molecule has 0 unspecified atom stereocenters. The molecule has 0 spiro atoms. The van der Waals surface area contributed by atoms with Gasteiger partial charge < -0.3 is 5.32 Å². The van der Waals surface area contributed by atoms with Crippen molar-refractivity contribution in [2.24, 2.45) is 0 Å². The number of nitrogens with zero attached hydrogens (tertiary/aromatic N) is 3. The van der Waals surface area contributed by atoms with Gasteiger partial charge in [-0.2, -0.15) is 10.4 Å². The molecule has 20 heavy (non-hydrogen) atoms. The number of aryl methyl sites for hydroxylation is 2. The summed E-state index contributed by atoms with van der Waals surface area (Å²) in [5.41, 5.74) is 3.13. The third-order valence-electron chi connectivity index (χ3n) is 3.00. The minimum atomic E-state index is 0.532. The van der Waals surface area contributed by atoms with Crippen LogP contribution in [0.3, 0.4) is 0 Å². The molecule has 1 N–H and O–H groups in total. The fourth-order valence-electron chi connectivity index (χ4n) is 1.98. The fraction of sp³-hybridized carbons (Fsp3) is 0.286. The zero-order valence-corrected chi connectivity index (χ0v) is 13.6. The van der Waals surface area contributed by atoms with Gasteiger partial charge in [0.25, 0.3) is 0 Å². The highest BCUT2D eigenvalue weighted by Gasteiger charge is 2.12. The van der Waals surface area contributed by atoms with E-state index >= 15 is 0 Å². The van der Waals surface area contributed by atoms with Crippen LogP contribution < -0.4 is 5.32 Å². The first kappa shape index (κ1) is 14.9. The van der Waals surface area contributed by atoms with Gasteiger partial charge >= 0.3 is 0 Å². The number of hydrogen-bond donors (Lipinski definition) is 1. The Morgan fingerprint density at radius 1 is 1.50 bits per heavy atom. The second kappa shape index (κ2) is 6.29. The van der Waals surface area contributed by atoms with E-state index in [1.807, 2.05) is 30.7 Å². The Morgan fingerprint density at radius 2 is 2.25 bits per heavy atom. The highest BCUT2D eigenvalue weighted by molar-refractivity contribution is 9.10. The van der Waals surface area contributed by atoms with Crippen molar-refractivity contribution in [3.05, 3.63) is 44.6 Å². The molecule has 1 heterocycles. The summed E-state index contributed by atoms with van der Waals surface area (Å²) in [6.45, 7) is 5.20. The number of aromatic nitrogens is 2. The van der Waals surface area contributed by atoms with Gasteiger partial charge in [0.1, 0.15) is 6.07 Å². The van der Waals surface area contributed by atoms with E-state index in [4.69, 9.17) is 16.9 Å². The predicted octanol–water partition coefficient (Wildman–Crippen LogP) is 4.11. The SMILES string of the molecule is CCn1nc(C)c(Cl)c1CNc1ccc(Br)cc1C#N. The van der Waals surface area contributed by atoms with Crippen molar-refractivity contribution in [3.63, 3.8) is 0 Å². The minimum absolute atomic E-state index is 0.532. The average molecular weight is 354 g/mol. The summed E-state index contributed by atoms with van der Waals surface area (Å²) in [6, 6.07) is 7.72. The van der Waals surface area contributed by atoms with Crippen molar-refractivity contribution in [2.75, 3.05) is 5.32 Å². The van der Waals surface area contributed by atoms with Gasteiger partial charge in [0, 0.05) is 11.0 Å². The van der Waals surface area contributed by atoms with Crippen LogP contribution in [-0.4, -0.2) is 9.78 Å². The monoisotopic (exact) mass is 352 g/mol. The zero-order chi connectivity index (χ0) is 14.7. The fourth-order valence-corrected chi connectivity index (χ4v) is 2.54. The van der Waals surface area contributed by atoms with Crippen LogP contribution in [0.25, 0.3) is 0 Å². The Bertz CT molecular complexity index is 673. The average Bonchev–Trinajstić information content (AvgIpc) is 2.72. The maximum Gasteiger partial charge on any atom is 0.101 e. The molecule has 1 aromatic carbocycles. The quantitative estimate of drug-likeness (QED) is 0.900. The normalized spacial score (nSPS) is 10.3. The van der Waals surface area contributed by atoms with Gasteiger partial charge in [-0.15, -0.1) is 0 Å². The van der Waals surface area contributed by atoms with Gasteiger partial charge in [0.05, 0.1) is 34.2 Å². The van der Waals surface area contributed by atoms with Crippen LogP contribution in [0.15, 0.2) is 22.7 Å². The lowest BCUT2D eigenvalue weighted by molar-refractivity contribution is 0.623. The van der Waals surface area contributed by atoms with Crippen molar-refractivity contribution in [3.8, 4) is 6.07 Å². The largest absolute Gasteiger partial charge is 0.378 e. The molecule has 0 saturated carbocycles. The maximum absolute atomic E-state index is 9.15. The molecule has 2 aromatic rings. The van der Waals surface area contributed by atoms with E-state index in [1.54, 1.807) is 6.07 Å². The summed E-state index contributed by atoms with van der Waals surface area (Å²) >= 11 is 9.62. The van der Waals surface area contributed by atoms with E-state index in [9.17, 15) is 0 Å². The first-order valence-electron chi connectivity index (χ1n) is 6.22. The molecule has 0 radical (unpaired) electrons. The lowest BCUT2D eigenvalue weighted by Gasteiger charge is -2.10. The lowest BCUT2D eigenvalue weighted by atomic mass is 10.2. The number of hydrogen-bond acceptors (Lipinski definition) is 3. The van der Waals surface area contributed by atoms with Crippen LogP contribution in [0.2, 0.25) is 5.02 Å². The third-order valence-corrected chi connectivity index (χ3v) is 3.99. The van der Waals surface area contributed by atoms with Crippen molar-refractivity contribution in [1.82, 2.24) is 9.78 Å². The van der Waals surface area contributed by atoms with Crippen molar-refractivity contribution >= 4 is 33.2 Å². The summed E-state index contributed by atoms with van der Waals surface area (Å²) in [7, 11) is 0. The molecule has 0 aliphatic heterocycles. The summed E-state index contributed by atoms with van der Waals surface area (Å²) in [5, 5.41) is 17.4. The van der Waals surface area contributed by atoms with Crippen LogP contribution in [0.5, 0.6) is 0 Å². The van der Waals surface area contributed by atoms with Gasteiger partial charge in [-0.05, 0) is 32.0 Å². The molecule has 104 valence electrons. The van der Waals surface area contributed by atoms with Crippen molar-refractivity contribution < 1.29 is 0 Å². The van der Waals surface area contributed by atoms with E-state index in [0.29, 0.717) is 17.1 Å². The number of halogens is 2. The van der Waals surface area contributed by atoms with Gasteiger partial charge in [-0.25, -0.2) is 0 Å². The summed E-state index contributed by atoms with van der Waals surface area (Å²) in [4.78, 5) is 0. The third kappa shape index (κ3) is 2.97. The van der Waals surface area contributed by atoms with Gasteiger partial charge in [0.2, 0.25) is 0 Å². The van der Waals surface area contributed by atoms with E-state index in [2.05, 4.69) is 32.4 Å². The second-order valence-electron chi connectivity index (χ2n) is 4.32. The lowest BCUT2D eigenvalue weighted by Crippen LogP contribution is -2.09. The minimum Gasteiger partial charge on any atom is -0.378 e.